The van der Waals surface area contributed by atoms with Crippen molar-refractivity contribution in [2.24, 2.45) is 0 Å². The van der Waals surface area contributed by atoms with E-state index in [1.54, 1.807) is 18.2 Å². The lowest BCUT2D eigenvalue weighted by atomic mass is 10.1. The van der Waals surface area contributed by atoms with E-state index in [0.717, 1.165) is 22.2 Å². The van der Waals surface area contributed by atoms with Crippen LogP contribution in [-0.2, 0) is 16.1 Å². The number of nitrogens with zero attached hydrogens (tertiary/aromatic N) is 1. The summed E-state index contributed by atoms with van der Waals surface area (Å²) in [5.74, 6) is 0.140. The van der Waals surface area contributed by atoms with Gasteiger partial charge in [0, 0.05) is 29.2 Å². The lowest BCUT2D eigenvalue weighted by molar-refractivity contribution is -0.116. The molecule has 0 atom stereocenters. The number of nitrogens with one attached hydrogen (secondary N) is 2. The molecule has 0 aliphatic carbocycles. The minimum absolute atomic E-state index is 0.152. The first-order valence-electron chi connectivity index (χ1n) is 9.94. The molecule has 4 rings (SSSR count). The lowest BCUT2D eigenvalue weighted by Gasteiger charge is -2.14. The molecule has 0 unspecified atom stereocenters. The molecular weight excluding hydrogens is 390 g/mol. The summed E-state index contributed by atoms with van der Waals surface area (Å²) in [5.41, 5.74) is 4.09. The van der Waals surface area contributed by atoms with Gasteiger partial charge in [0.1, 0.15) is 12.3 Å². The number of rotatable bonds is 6. The first kappa shape index (κ1) is 20.2. The van der Waals surface area contributed by atoms with Gasteiger partial charge in [-0.3, -0.25) is 9.59 Å². The Balaban J connectivity index is 1.63. The maximum Gasteiger partial charge on any atom is 0.244 e. The van der Waals surface area contributed by atoms with Crippen LogP contribution in [0.5, 0.6) is 5.75 Å². The van der Waals surface area contributed by atoms with Crippen LogP contribution in [0.1, 0.15) is 6.92 Å². The highest BCUT2D eigenvalue weighted by atomic mass is 16.5. The van der Waals surface area contributed by atoms with E-state index in [0.29, 0.717) is 17.1 Å². The highest BCUT2D eigenvalue weighted by Gasteiger charge is 2.14. The van der Waals surface area contributed by atoms with Gasteiger partial charge in [-0.05, 0) is 35.9 Å². The minimum Gasteiger partial charge on any atom is -0.495 e. The molecule has 156 valence electrons. The zero-order valence-electron chi connectivity index (χ0n) is 17.4. The highest BCUT2D eigenvalue weighted by molar-refractivity contribution is 5.96. The number of fused-ring (bicyclic) bond motifs is 1. The molecular formula is C25H23N3O3. The maximum atomic E-state index is 12.9. The number of hydrogen-bond acceptors (Lipinski definition) is 3. The quantitative estimate of drug-likeness (QED) is 0.472. The van der Waals surface area contributed by atoms with E-state index in [-0.39, 0.29) is 18.4 Å². The zero-order chi connectivity index (χ0) is 21.8. The summed E-state index contributed by atoms with van der Waals surface area (Å²) in [6.07, 6.45) is 0. The number of amides is 2. The fourth-order valence-electron chi connectivity index (χ4n) is 3.65. The van der Waals surface area contributed by atoms with Gasteiger partial charge in [-0.25, -0.2) is 0 Å². The van der Waals surface area contributed by atoms with Crippen LogP contribution in [0.3, 0.4) is 0 Å². The Hall–Kier alpha value is -4.06. The predicted octanol–water partition coefficient (Wildman–Crippen LogP) is 4.91. The molecule has 1 heterocycles. The SMILES string of the molecule is COc1ccc(NC(=O)Cn2c(-c3ccccc3)cc3ccccc32)cc1NC(C)=O. The molecule has 0 aliphatic rings. The second-order valence-electron chi connectivity index (χ2n) is 7.18. The zero-order valence-corrected chi connectivity index (χ0v) is 17.4. The third kappa shape index (κ3) is 4.43. The topological polar surface area (TPSA) is 72.4 Å². The fraction of sp³-hybridized carbons (Fsp3) is 0.120. The van der Waals surface area contributed by atoms with Crippen LogP contribution in [0, 0.1) is 0 Å². The van der Waals surface area contributed by atoms with Crippen LogP contribution < -0.4 is 15.4 Å². The Kier molecular flexibility index (Phi) is 5.71. The van der Waals surface area contributed by atoms with Gasteiger partial charge in [0.05, 0.1) is 12.8 Å². The number of carbonyl (C=O) groups excluding carboxylic acids is 2. The number of anilines is 2. The van der Waals surface area contributed by atoms with Crippen molar-refractivity contribution in [2.75, 3.05) is 17.7 Å². The van der Waals surface area contributed by atoms with E-state index < -0.39 is 0 Å². The molecule has 4 aromatic rings. The fourth-order valence-corrected chi connectivity index (χ4v) is 3.65. The summed E-state index contributed by atoms with van der Waals surface area (Å²) in [6.45, 7) is 1.58. The summed E-state index contributed by atoms with van der Waals surface area (Å²) in [6, 6.07) is 25.3. The average molecular weight is 413 g/mol. The molecule has 0 bridgehead atoms. The molecule has 0 saturated carbocycles. The van der Waals surface area contributed by atoms with Crippen LogP contribution in [-0.4, -0.2) is 23.5 Å². The largest absolute Gasteiger partial charge is 0.495 e. The van der Waals surface area contributed by atoms with Gasteiger partial charge in [-0.1, -0.05) is 48.5 Å². The molecule has 0 radical (unpaired) electrons. The van der Waals surface area contributed by atoms with E-state index in [2.05, 4.69) is 16.7 Å². The van der Waals surface area contributed by atoms with Gasteiger partial charge >= 0.3 is 0 Å². The smallest absolute Gasteiger partial charge is 0.244 e. The molecule has 0 aliphatic heterocycles. The van der Waals surface area contributed by atoms with Gasteiger partial charge in [-0.15, -0.1) is 0 Å². The number of ether oxygens (including phenoxy) is 1. The van der Waals surface area contributed by atoms with E-state index in [1.165, 1.54) is 14.0 Å². The molecule has 6 nitrogen and oxygen atoms in total. The summed E-state index contributed by atoms with van der Waals surface area (Å²) in [7, 11) is 1.53. The Morgan fingerprint density at radius 2 is 1.65 bits per heavy atom. The normalized spacial score (nSPS) is 10.6. The van der Waals surface area contributed by atoms with Crippen molar-refractivity contribution in [3.05, 3.63) is 78.9 Å². The second kappa shape index (κ2) is 8.75. The molecule has 2 N–H and O–H groups in total. The van der Waals surface area contributed by atoms with Crippen molar-refractivity contribution in [1.82, 2.24) is 4.57 Å². The van der Waals surface area contributed by atoms with Gasteiger partial charge in [0.2, 0.25) is 11.8 Å². The lowest BCUT2D eigenvalue weighted by Crippen LogP contribution is -2.19. The number of carbonyl (C=O) groups is 2. The third-order valence-corrected chi connectivity index (χ3v) is 4.98. The van der Waals surface area contributed by atoms with Gasteiger partial charge in [0.25, 0.3) is 0 Å². The van der Waals surface area contributed by atoms with Crippen LogP contribution in [0.4, 0.5) is 11.4 Å². The Bertz CT molecular complexity index is 1250. The van der Waals surface area contributed by atoms with Crippen molar-refractivity contribution in [3.63, 3.8) is 0 Å². The van der Waals surface area contributed by atoms with Crippen LogP contribution in [0.15, 0.2) is 78.9 Å². The molecule has 2 amide bonds. The van der Waals surface area contributed by atoms with E-state index >= 15 is 0 Å². The molecule has 3 aromatic carbocycles. The van der Waals surface area contributed by atoms with Crippen molar-refractivity contribution in [3.8, 4) is 17.0 Å². The summed E-state index contributed by atoms with van der Waals surface area (Å²) >= 11 is 0. The van der Waals surface area contributed by atoms with Crippen molar-refractivity contribution in [2.45, 2.75) is 13.5 Å². The van der Waals surface area contributed by atoms with Crippen molar-refractivity contribution < 1.29 is 14.3 Å². The Morgan fingerprint density at radius 3 is 2.39 bits per heavy atom. The number of methoxy groups -OCH3 is 1. The standard InChI is InChI=1S/C25H23N3O3/c1-17(29)26-21-15-20(12-13-24(21)31-2)27-25(30)16-28-22-11-7-6-10-19(22)14-23(28)18-8-4-3-5-9-18/h3-15H,16H2,1-2H3,(H,26,29)(H,27,30). The first-order chi connectivity index (χ1) is 15.0. The molecule has 31 heavy (non-hydrogen) atoms. The van der Waals surface area contributed by atoms with Crippen LogP contribution >= 0.6 is 0 Å². The predicted molar refractivity (Wildman–Crippen MR) is 123 cm³/mol. The van der Waals surface area contributed by atoms with Crippen molar-refractivity contribution >= 4 is 34.1 Å². The maximum absolute atomic E-state index is 12.9. The molecule has 1 aromatic heterocycles. The third-order valence-electron chi connectivity index (χ3n) is 4.98. The van der Waals surface area contributed by atoms with E-state index in [1.807, 2.05) is 59.2 Å². The van der Waals surface area contributed by atoms with Gasteiger partial charge in [-0.2, -0.15) is 0 Å². The molecule has 0 spiro atoms. The molecule has 0 saturated heterocycles. The Morgan fingerprint density at radius 1 is 0.903 bits per heavy atom. The van der Waals surface area contributed by atoms with Crippen molar-refractivity contribution in [1.29, 1.82) is 0 Å². The highest BCUT2D eigenvalue weighted by Crippen LogP contribution is 2.30. The number of hydrogen-bond donors (Lipinski definition) is 2. The van der Waals surface area contributed by atoms with Crippen LogP contribution in [0.2, 0.25) is 0 Å². The summed E-state index contributed by atoms with van der Waals surface area (Å²) in [5, 5.41) is 6.72. The molecule has 0 fully saturated rings. The average Bonchev–Trinajstić information content (AvgIpc) is 3.12. The van der Waals surface area contributed by atoms with Gasteiger partial charge in [0.15, 0.2) is 0 Å². The summed E-state index contributed by atoms with van der Waals surface area (Å²) < 4.78 is 7.28. The number of aromatic nitrogens is 1. The second-order valence-corrected chi connectivity index (χ2v) is 7.18. The monoisotopic (exact) mass is 413 g/mol. The van der Waals surface area contributed by atoms with Gasteiger partial charge < -0.3 is 19.9 Å². The number of para-hydroxylation sites is 1. The summed E-state index contributed by atoms with van der Waals surface area (Å²) in [4.78, 5) is 24.4. The number of benzene rings is 3. The Labute approximate surface area is 180 Å². The molecule has 6 heteroatoms. The minimum atomic E-state index is -0.215. The first-order valence-corrected chi connectivity index (χ1v) is 9.94. The van der Waals surface area contributed by atoms with Crippen LogP contribution in [0.25, 0.3) is 22.2 Å². The van der Waals surface area contributed by atoms with E-state index in [9.17, 15) is 9.59 Å². The van der Waals surface area contributed by atoms with E-state index in [4.69, 9.17) is 4.74 Å².